The van der Waals surface area contributed by atoms with Crippen LogP contribution in [0.25, 0.3) is 11.0 Å². The minimum absolute atomic E-state index is 0.0202. The maximum atomic E-state index is 13.6. The number of benzene rings is 2. The summed E-state index contributed by atoms with van der Waals surface area (Å²) in [5.74, 6) is -3.09. The number of nitrogens with one attached hydrogen (secondary N) is 2. The molecule has 2 heterocycles. The Kier molecular flexibility index (Phi) is 8.17. The molecule has 4 N–H and O–H groups in total. The second kappa shape index (κ2) is 11.4. The standard InChI is InChI=1S/C28H32F3N5O3/c1-28(2,3)39-27(38)36-12-10-17(11-13-36)24(32)19(9-6-16-4-7-18(29)8-5-16)25(37)35-26-33-22-14-20(30)21(31)15-23(22)34-26/h4-5,7-8,14-15,17H,6,9-13,32H2,1-3H3,(H2,33,34,35,37)/b24-19-. The number of rotatable bonds is 6. The Hall–Kier alpha value is -4.02. The Morgan fingerprint density at radius 2 is 1.74 bits per heavy atom. The number of aromatic amines is 1. The SMILES string of the molecule is CC(C)(C)OC(=O)N1CCC(/C(N)=C(\CCc2ccc(F)cc2)C(=O)Nc2nc3cc(F)c(F)cc3[nH]2)CC1. The highest BCUT2D eigenvalue weighted by Crippen LogP contribution is 2.28. The van der Waals surface area contributed by atoms with Crippen LogP contribution in [-0.4, -0.2) is 45.6 Å². The van der Waals surface area contributed by atoms with Crippen molar-refractivity contribution in [2.45, 2.75) is 52.1 Å². The van der Waals surface area contributed by atoms with Crippen LogP contribution in [0.1, 0.15) is 45.6 Å². The second-order valence-corrected chi connectivity index (χ2v) is 10.6. The molecule has 39 heavy (non-hydrogen) atoms. The summed E-state index contributed by atoms with van der Waals surface area (Å²) in [6.45, 7) is 6.26. The van der Waals surface area contributed by atoms with Gasteiger partial charge in [0.05, 0.1) is 11.0 Å². The number of carbonyl (C=O) groups is 2. The van der Waals surface area contributed by atoms with Crippen molar-refractivity contribution < 1.29 is 27.5 Å². The highest BCUT2D eigenvalue weighted by atomic mass is 19.2. The third kappa shape index (κ3) is 7.10. The number of ether oxygens (including phenoxy) is 1. The zero-order chi connectivity index (χ0) is 28.3. The fraction of sp³-hybridized carbons (Fsp3) is 0.393. The topological polar surface area (TPSA) is 113 Å². The first-order valence-corrected chi connectivity index (χ1v) is 12.8. The fourth-order valence-electron chi connectivity index (χ4n) is 4.50. The van der Waals surface area contributed by atoms with E-state index < -0.39 is 29.2 Å². The first-order valence-electron chi connectivity index (χ1n) is 12.8. The predicted octanol–water partition coefficient (Wildman–Crippen LogP) is 5.41. The van der Waals surface area contributed by atoms with Gasteiger partial charge in [0.1, 0.15) is 11.4 Å². The molecule has 208 valence electrons. The van der Waals surface area contributed by atoms with Gasteiger partial charge >= 0.3 is 6.09 Å². The predicted molar refractivity (Wildman–Crippen MR) is 141 cm³/mol. The highest BCUT2D eigenvalue weighted by molar-refractivity contribution is 6.04. The Morgan fingerprint density at radius 1 is 1.10 bits per heavy atom. The fourth-order valence-corrected chi connectivity index (χ4v) is 4.50. The van der Waals surface area contributed by atoms with Gasteiger partial charge in [-0.3, -0.25) is 10.1 Å². The molecule has 0 spiro atoms. The van der Waals surface area contributed by atoms with Crippen LogP contribution in [0, 0.1) is 23.4 Å². The molecule has 0 saturated carbocycles. The summed E-state index contributed by atoms with van der Waals surface area (Å²) < 4.78 is 46.0. The Bertz CT molecular complexity index is 1350. The minimum Gasteiger partial charge on any atom is -0.444 e. The van der Waals surface area contributed by atoms with E-state index in [1.165, 1.54) is 12.1 Å². The molecule has 1 fully saturated rings. The van der Waals surface area contributed by atoms with Crippen molar-refractivity contribution >= 4 is 29.0 Å². The van der Waals surface area contributed by atoms with Crippen molar-refractivity contribution in [2.24, 2.45) is 11.7 Å². The van der Waals surface area contributed by atoms with Crippen LogP contribution in [0.3, 0.4) is 0 Å². The molecule has 11 heteroatoms. The number of amides is 2. The van der Waals surface area contributed by atoms with E-state index in [-0.39, 0.29) is 35.1 Å². The lowest BCUT2D eigenvalue weighted by Crippen LogP contribution is -2.42. The number of piperidine rings is 1. The summed E-state index contributed by atoms with van der Waals surface area (Å²) in [5, 5.41) is 2.66. The molecule has 1 aromatic heterocycles. The first-order chi connectivity index (χ1) is 18.4. The van der Waals surface area contributed by atoms with Crippen molar-refractivity contribution in [3.8, 4) is 0 Å². The van der Waals surface area contributed by atoms with E-state index in [1.54, 1.807) is 37.8 Å². The maximum absolute atomic E-state index is 13.6. The van der Waals surface area contributed by atoms with E-state index in [9.17, 15) is 22.8 Å². The van der Waals surface area contributed by atoms with Gasteiger partial charge in [-0.05, 0) is 64.2 Å². The largest absolute Gasteiger partial charge is 0.444 e. The Balaban J connectivity index is 1.53. The molecule has 3 aromatic rings. The van der Waals surface area contributed by atoms with E-state index in [0.29, 0.717) is 43.6 Å². The van der Waals surface area contributed by atoms with Crippen LogP contribution in [0.2, 0.25) is 0 Å². The Labute approximate surface area is 224 Å². The van der Waals surface area contributed by atoms with Crippen LogP contribution in [0.4, 0.5) is 23.9 Å². The summed E-state index contributed by atoms with van der Waals surface area (Å²) in [7, 11) is 0. The zero-order valence-corrected chi connectivity index (χ0v) is 22.1. The number of hydrogen-bond acceptors (Lipinski definition) is 5. The number of aromatic nitrogens is 2. The molecule has 0 radical (unpaired) electrons. The van der Waals surface area contributed by atoms with Crippen molar-refractivity contribution in [1.82, 2.24) is 14.9 Å². The van der Waals surface area contributed by atoms with Gasteiger partial charge in [-0.2, -0.15) is 0 Å². The summed E-state index contributed by atoms with van der Waals surface area (Å²) in [6.07, 6.45) is 1.38. The number of halogens is 3. The molecule has 0 unspecified atom stereocenters. The highest BCUT2D eigenvalue weighted by Gasteiger charge is 2.30. The number of anilines is 1. The molecule has 0 bridgehead atoms. The van der Waals surface area contributed by atoms with E-state index >= 15 is 0 Å². The summed E-state index contributed by atoms with van der Waals surface area (Å²) in [6, 6.07) is 7.88. The van der Waals surface area contributed by atoms with E-state index in [0.717, 1.165) is 17.7 Å². The quantitative estimate of drug-likeness (QED) is 0.360. The third-order valence-corrected chi connectivity index (χ3v) is 6.54. The molecule has 1 aliphatic rings. The van der Waals surface area contributed by atoms with Crippen LogP contribution in [-0.2, 0) is 16.0 Å². The van der Waals surface area contributed by atoms with Crippen molar-refractivity contribution in [2.75, 3.05) is 18.4 Å². The first kappa shape index (κ1) is 28.0. The van der Waals surface area contributed by atoms with Crippen LogP contribution < -0.4 is 11.1 Å². The molecule has 1 aliphatic heterocycles. The number of H-pyrrole nitrogens is 1. The molecular formula is C28H32F3N5O3. The van der Waals surface area contributed by atoms with Crippen LogP contribution in [0.5, 0.6) is 0 Å². The number of nitrogens with zero attached hydrogens (tertiary/aromatic N) is 2. The number of fused-ring (bicyclic) bond motifs is 1. The number of allylic oxidation sites excluding steroid dienone is 1. The normalized spacial score (nSPS) is 15.3. The van der Waals surface area contributed by atoms with Gasteiger partial charge in [0.2, 0.25) is 5.95 Å². The van der Waals surface area contributed by atoms with Crippen molar-refractivity contribution in [1.29, 1.82) is 0 Å². The lowest BCUT2D eigenvalue weighted by atomic mass is 9.89. The lowest BCUT2D eigenvalue weighted by Gasteiger charge is -2.34. The Morgan fingerprint density at radius 3 is 2.38 bits per heavy atom. The average molecular weight is 544 g/mol. The number of aryl methyl sites for hydroxylation is 1. The lowest BCUT2D eigenvalue weighted by molar-refractivity contribution is -0.113. The van der Waals surface area contributed by atoms with Gasteiger partial charge in [0, 0.05) is 42.4 Å². The number of imidazole rings is 1. The molecule has 1 saturated heterocycles. The van der Waals surface area contributed by atoms with E-state index in [2.05, 4.69) is 15.3 Å². The molecular weight excluding hydrogens is 511 g/mol. The van der Waals surface area contributed by atoms with Gasteiger partial charge in [0.15, 0.2) is 11.6 Å². The number of hydrogen-bond donors (Lipinski definition) is 3. The average Bonchev–Trinajstić information content (AvgIpc) is 3.25. The van der Waals surface area contributed by atoms with Crippen LogP contribution in [0.15, 0.2) is 47.7 Å². The molecule has 8 nitrogen and oxygen atoms in total. The zero-order valence-electron chi connectivity index (χ0n) is 22.1. The van der Waals surface area contributed by atoms with Crippen LogP contribution >= 0.6 is 0 Å². The molecule has 0 aliphatic carbocycles. The monoisotopic (exact) mass is 543 g/mol. The van der Waals surface area contributed by atoms with E-state index in [4.69, 9.17) is 10.5 Å². The van der Waals surface area contributed by atoms with Gasteiger partial charge < -0.3 is 20.4 Å². The van der Waals surface area contributed by atoms with Gasteiger partial charge in [-0.15, -0.1) is 0 Å². The summed E-state index contributed by atoms with van der Waals surface area (Å²) in [5.41, 5.74) is 7.89. The molecule has 0 atom stereocenters. The van der Waals surface area contributed by atoms with Crippen molar-refractivity contribution in [3.63, 3.8) is 0 Å². The maximum Gasteiger partial charge on any atom is 0.410 e. The summed E-state index contributed by atoms with van der Waals surface area (Å²) >= 11 is 0. The second-order valence-electron chi connectivity index (χ2n) is 10.6. The molecule has 2 amide bonds. The molecule has 4 rings (SSSR count). The van der Waals surface area contributed by atoms with Gasteiger partial charge in [-0.25, -0.2) is 22.9 Å². The van der Waals surface area contributed by atoms with Crippen molar-refractivity contribution in [3.05, 3.63) is 70.7 Å². The number of likely N-dealkylation sites (tertiary alicyclic amines) is 1. The van der Waals surface area contributed by atoms with E-state index in [1.807, 2.05) is 0 Å². The van der Waals surface area contributed by atoms with Gasteiger partial charge in [-0.1, -0.05) is 12.1 Å². The summed E-state index contributed by atoms with van der Waals surface area (Å²) in [4.78, 5) is 34.4. The number of nitrogens with two attached hydrogens (primary N) is 1. The van der Waals surface area contributed by atoms with Gasteiger partial charge in [0.25, 0.3) is 5.91 Å². The molecule has 2 aromatic carbocycles. The number of carbonyl (C=O) groups excluding carboxylic acids is 2. The minimum atomic E-state index is -1.05. The smallest absolute Gasteiger partial charge is 0.410 e. The third-order valence-electron chi connectivity index (χ3n) is 6.54.